The van der Waals surface area contributed by atoms with Gasteiger partial charge in [0.15, 0.2) is 0 Å². The molecule has 1 amide bonds. The predicted molar refractivity (Wildman–Crippen MR) is 77.5 cm³/mol. The molecule has 0 fully saturated rings. The number of phenolic OH excluding ortho intramolecular Hbond substituents is 1. The van der Waals surface area contributed by atoms with Gasteiger partial charge >= 0.3 is 0 Å². The van der Waals surface area contributed by atoms with Crippen LogP contribution >= 0.6 is 11.6 Å². The number of halogens is 1. The van der Waals surface area contributed by atoms with Crippen LogP contribution in [0.1, 0.15) is 30.6 Å². The molecule has 106 valence electrons. The molecule has 3 N–H and O–H groups in total. The van der Waals surface area contributed by atoms with Crippen molar-refractivity contribution in [3.05, 3.63) is 28.8 Å². The van der Waals surface area contributed by atoms with Crippen LogP contribution in [0, 0.1) is 5.92 Å². The Bertz CT molecular complexity index is 449. The molecule has 0 heterocycles. The first kappa shape index (κ1) is 15.8. The highest BCUT2D eigenvalue weighted by atomic mass is 35.5. The van der Waals surface area contributed by atoms with Gasteiger partial charge in [-0.2, -0.15) is 0 Å². The smallest absolute Gasteiger partial charge is 0.257 e. The van der Waals surface area contributed by atoms with Crippen LogP contribution in [-0.2, 0) is 0 Å². The molecule has 1 rings (SSSR count). The second-order valence-electron chi connectivity index (χ2n) is 5.08. The average molecular weight is 285 g/mol. The van der Waals surface area contributed by atoms with Crippen LogP contribution in [0.4, 0.5) is 0 Å². The Morgan fingerprint density at radius 1 is 1.47 bits per heavy atom. The Morgan fingerprint density at radius 3 is 2.68 bits per heavy atom. The normalized spacial score (nSPS) is 12.5. The zero-order valence-electron chi connectivity index (χ0n) is 11.6. The maximum atomic E-state index is 12.2. The van der Waals surface area contributed by atoms with Crippen molar-refractivity contribution < 1.29 is 9.90 Å². The molecule has 0 aliphatic carbocycles. The summed E-state index contributed by atoms with van der Waals surface area (Å²) >= 11 is 5.83. The average Bonchev–Trinajstić information content (AvgIpc) is 2.37. The van der Waals surface area contributed by atoms with Gasteiger partial charge in [-0.25, -0.2) is 0 Å². The van der Waals surface area contributed by atoms with Crippen molar-refractivity contribution in [1.82, 2.24) is 4.90 Å². The zero-order chi connectivity index (χ0) is 14.6. The number of aromatic hydroxyl groups is 1. The minimum Gasteiger partial charge on any atom is -0.507 e. The summed E-state index contributed by atoms with van der Waals surface area (Å²) in [6.07, 6.45) is 0.723. The van der Waals surface area contributed by atoms with Gasteiger partial charge in [-0.05, 0) is 30.5 Å². The number of benzene rings is 1. The molecule has 0 saturated carbocycles. The van der Waals surface area contributed by atoms with E-state index in [4.69, 9.17) is 17.3 Å². The Kier molecular flexibility index (Phi) is 5.63. The minimum absolute atomic E-state index is 0.0585. The van der Waals surface area contributed by atoms with Crippen LogP contribution in [0.5, 0.6) is 5.75 Å². The van der Waals surface area contributed by atoms with Crippen LogP contribution in [0.3, 0.4) is 0 Å². The van der Waals surface area contributed by atoms with Gasteiger partial charge in [-0.3, -0.25) is 4.79 Å². The number of hydrogen-bond acceptors (Lipinski definition) is 3. The van der Waals surface area contributed by atoms with E-state index in [0.29, 0.717) is 17.5 Å². The van der Waals surface area contributed by atoms with Crippen molar-refractivity contribution in [1.29, 1.82) is 0 Å². The minimum atomic E-state index is -0.254. The van der Waals surface area contributed by atoms with Gasteiger partial charge in [0.05, 0.1) is 5.56 Å². The van der Waals surface area contributed by atoms with E-state index >= 15 is 0 Å². The van der Waals surface area contributed by atoms with Gasteiger partial charge in [-0.15, -0.1) is 0 Å². The third-order valence-corrected chi connectivity index (χ3v) is 3.42. The van der Waals surface area contributed by atoms with E-state index in [1.54, 1.807) is 18.0 Å². The molecular formula is C14H21ClN2O2. The summed E-state index contributed by atoms with van der Waals surface area (Å²) in [6.45, 7) is 4.65. The zero-order valence-corrected chi connectivity index (χ0v) is 12.3. The topological polar surface area (TPSA) is 66.6 Å². The fraction of sp³-hybridized carbons (Fsp3) is 0.500. The maximum absolute atomic E-state index is 12.2. The Morgan fingerprint density at radius 2 is 2.11 bits per heavy atom. The number of rotatable bonds is 5. The lowest BCUT2D eigenvalue weighted by Gasteiger charge is -2.22. The third kappa shape index (κ3) is 4.40. The van der Waals surface area contributed by atoms with Crippen molar-refractivity contribution in [2.24, 2.45) is 11.7 Å². The van der Waals surface area contributed by atoms with Crippen molar-refractivity contribution in [2.75, 3.05) is 13.6 Å². The highest BCUT2D eigenvalue weighted by Gasteiger charge is 2.17. The molecule has 5 heteroatoms. The number of carbonyl (C=O) groups excluding carboxylic acids is 1. The molecule has 0 aromatic heterocycles. The molecule has 19 heavy (non-hydrogen) atoms. The van der Waals surface area contributed by atoms with Crippen LogP contribution in [0.2, 0.25) is 5.02 Å². The van der Waals surface area contributed by atoms with E-state index in [2.05, 4.69) is 13.8 Å². The van der Waals surface area contributed by atoms with Gasteiger partial charge in [0, 0.05) is 24.7 Å². The number of nitrogens with two attached hydrogens (primary N) is 1. The summed E-state index contributed by atoms with van der Waals surface area (Å²) in [5.74, 6) is 0.0634. The monoisotopic (exact) mass is 284 g/mol. The molecule has 4 nitrogen and oxygen atoms in total. The fourth-order valence-electron chi connectivity index (χ4n) is 1.66. The number of nitrogens with zero attached hydrogens (tertiary/aromatic N) is 1. The molecule has 1 aromatic rings. The molecule has 0 spiro atoms. The van der Waals surface area contributed by atoms with E-state index in [-0.39, 0.29) is 23.3 Å². The quantitative estimate of drug-likeness (QED) is 0.873. The molecule has 1 unspecified atom stereocenters. The number of phenols is 1. The van der Waals surface area contributed by atoms with Crippen molar-refractivity contribution >= 4 is 17.5 Å². The lowest BCUT2D eigenvalue weighted by atomic mass is 10.0. The van der Waals surface area contributed by atoms with Gasteiger partial charge in [-0.1, -0.05) is 25.4 Å². The predicted octanol–water partition coefficient (Wildman–Crippen LogP) is 2.49. The molecule has 0 radical (unpaired) electrons. The molecule has 0 saturated heterocycles. The summed E-state index contributed by atoms with van der Waals surface area (Å²) in [5, 5.41) is 10.1. The second kappa shape index (κ2) is 6.78. The van der Waals surface area contributed by atoms with Crippen LogP contribution in [0.15, 0.2) is 18.2 Å². The van der Waals surface area contributed by atoms with Gasteiger partial charge in [0.2, 0.25) is 0 Å². The first-order valence-corrected chi connectivity index (χ1v) is 6.70. The first-order chi connectivity index (χ1) is 8.82. The van der Waals surface area contributed by atoms with E-state index in [1.807, 2.05) is 0 Å². The third-order valence-electron chi connectivity index (χ3n) is 3.19. The number of amides is 1. The fourth-order valence-corrected chi connectivity index (χ4v) is 1.83. The lowest BCUT2D eigenvalue weighted by Crippen LogP contribution is -2.34. The summed E-state index contributed by atoms with van der Waals surface area (Å²) in [6, 6.07) is 4.49. The van der Waals surface area contributed by atoms with Gasteiger partial charge in [0.1, 0.15) is 5.75 Å². The Balaban J connectivity index is 2.69. The lowest BCUT2D eigenvalue weighted by molar-refractivity contribution is 0.0786. The van der Waals surface area contributed by atoms with E-state index in [1.165, 1.54) is 12.1 Å². The number of carbonyl (C=O) groups is 1. The molecule has 0 aliphatic heterocycles. The van der Waals surface area contributed by atoms with Crippen molar-refractivity contribution in [2.45, 2.75) is 26.3 Å². The molecule has 1 aromatic carbocycles. The van der Waals surface area contributed by atoms with E-state index in [9.17, 15) is 9.90 Å². The van der Waals surface area contributed by atoms with Crippen LogP contribution < -0.4 is 5.73 Å². The summed E-state index contributed by atoms with van der Waals surface area (Å²) in [5.41, 5.74) is 6.17. The molecule has 1 atom stereocenters. The highest BCUT2D eigenvalue weighted by Crippen LogP contribution is 2.22. The molecule has 0 aliphatic rings. The maximum Gasteiger partial charge on any atom is 0.257 e. The first-order valence-electron chi connectivity index (χ1n) is 6.32. The van der Waals surface area contributed by atoms with E-state index < -0.39 is 0 Å². The van der Waals surface area contributed by atoms with E-state index in [0.717, 1.165) is 6.42 Å². The van der Waals surface area contributed by atoms with Crippen molar-refractivity contribution in [3.8, 4) is 5.75 Å². The highest BCUT2D eigenvalue weighted by molar-refractivity contribution is 6.31. The summed E-state index contributed by atoms with van der Waals surface area (Å²) in [7, 11) is 1.69. The Hall–Kier alpha value is -1.26. The molecule has 0 bridgehead atoms. The standard InChI is InChI=1S/C14H21ClN2O2/c1-9(2)12(16)6-7-17(3)14(19)11-8-10(15)4-5-13(11)18/h4-5,8-9,12,18H,6-7,16H2,1-3H3. The Labute approximate surface area is 119 Å². The number of hydrogen-bond donors (Lipinski definition) is 2. The summed E-state index contributed by atoms with van der Waals surface area (Å²) in [4.78, 5) is 13.7. The van der Waals surface area contributed by atoms with Crippen molar-refractivity contribution in [3.63, 3.8) is 0 Å². The largest absolute Gasteiger partial charge is 0.507 e. The van der Waals surface area contributed by atoms with Crippen LogP contribution in [0.25, 0.3) is 0 Å². The van der Waals surface area contributed by atoms with Crippen LogP contribution in [-0.4, -0.2) is 35.5 Å². The molecular weight excluding hydrogens is 264 g/mol. The SMILES string of the molecule is CC(C)C(N)CCN(C)C(=O)c1cc(Cl)ccc1O. The van der Waals surface area contributed by atoms with Gasteiger partial charge < -0.3 is 15.7 Å². The second-order valence-corrected chi connectivity index (χ2v) is 5.52. The summed E-state index contributed by atoms with van der Waals surface area (Å²) < 4.78 is 0. The van der Waals surface area contributed by atoms with Gasteiger partial charge in [0.25, 0.3) is 5.91 Å².